The van der Waals surface area contributed by atoms with Crippen LogP contribution in [0.3, 0.4) is 0 Å². The van der Waals surface area contributed by atoms with Gasteiger partial charge in [-0.2, -0.15) is 0 Å². The number of hydrogen-bond donors (Lipinski definition) is 2. The molecule has 0 atom stereocenters. The van der Waals surface area contributed by atoms with Crippen LogP contribution < -0.4 is 5.73 Å². The normalized spacial score (nSPS) is 16.5. The van der Waals surface area contributed by atoms with Gasteiger partial charge in [-0.25, -0.2) is 0 Å². The van der Waals surface area contributed by atoms with Gasteiger partial charge in [-0.15, -0.1) is 0 Å². The Morgan fingerprint density at radius 3 is 2.57 bits per heavy atom. The number of fused-ring (bicyclic) bond motifs is 2. The molecule has 1 aliphatic heterocycles. The molecule has 2 heterocycles. The molecule has 1 aromatic carbocycles. The lowest BCUT2D eigenvalue weighted by molar-refractivity contribution is -0.129. The lowest BCUT2D eigenvalue weighted by Crippen LogP contribution is -2.34. The minimum absolute atomic E-state index is 0.0922. The van der Waals surface area contributed by atoms with Gasteiger partial charge >= 0.3 is 0 Å². The van der Waals surface area contributed by atoms with E-state index in [9.17, 15) is 9.90 Å². The number of nitrogen functional groups attached to an aromatic ring is 1. The topological polar surface area (TPSA) is 79.5 Å². The second-order valence-electron chi connectivity index (χ2n) is 7.30. The summed E-state index contributed by atoms with van der Waals surface area (Å²) in [6, 6.07) is 3.99. The molecule has 2 aromatic rings. The molecule has 0 radical (unpaired) electrons. The Balaban J connectivity index is 1.94. The minimum atomic E-state index is 0.0922. The second kappa shape index (κ2) is 7.52. The van der Waals surface area contributed by atoms with Gasteiger partial charge in [0.25, 0.3) is 0 Å². The first-order valence-electron chi connectivity index (χ1n) is 9.29. The smallest absolute Gasteiger partial charge is 0.219 e. The monoisotopic (exact) mass is 505 g/mol. The van der Waals surface area contributed by atoms with E-state index in [-0.39, 0.29) is 11.7 Å². The summed E-state index contributed by atoms with van der Waals surface area (Å²) in [6.07, 6.45) is 5.06. The van der Waals surface area contributed by atoms with Gasteiger partial charge in [-0.1, -0.05) is 5.57 Å². The average molecular weight is 507 g/mol. The van der Waals surface area contributed by atoms with Gasteiger partial charge < -0.3 is 15.7 Å². The van der Waals surface area contributed by atoms with E-state index in [1.54, 1.807) is 6.92 Å². The summed E-state index contributed by atoms with van der Waals surface area (Å²) in [5.41, 5.74) is 13.1. The summed E-state index contributed by atoms with van der Waals surface area (Å²) >= 11 is 7.09. The minimum Gasteiger partial charge on any atom is -0.505 e. The van der Waals surface area contributed by atoms with E-state index in [1.807, 2.05) is 17.2 Å². The Kier molecular flexibility index (Phi) is 5.22. The zero-order valence-corrected chi connectivity index (χ0v) is 18.7. The number of anilines is 1. The van der Waals surface area contributed by atoms with Crippen LogP contribution in [0.2, 0.25) is 0 Å². The number of amides is 1. The van der Waals surface area contributed by atoms with Crippen LogP contribution in [-0.4, -0.2) is 34.0 Å². The second-order valence-corrected chi connectivity index (χ2v) is 9.01. The molecule has 1 fully saturated rings. The Morgan fingerprint density at radius 2 is 1.89 bits per heavy atom. The number of nitrogens with zero attached hydrogens (tertiary/aromatic N) is 2. The fraction of sp³-hybridized carbons (Fsp3) is 0.333. The number of aromatic hydroxyl groups is 1. The molecule has 0 spiro atoms. The van der Waals surface area contributed by atoms with Gasteiger partial charge in [-0.05, 0) is 86.4 Å². The van der Waals surface area contributed by atoms with Crippen LogP contribution >= 0.6 is 31.9 Å². The number of benzene rings is 1. The maximum Gasteiger partial charge on any atom is 0.219 e. The van der Waals surface area contributed by atoms with Crippen LogP contribution in [0, 0.1) is 0 Å². The summed E-state index contributed by atoms with van der Waals surface area (Å²) < 4.78 is 1.61. The first-order chi connectivity index (χ1) is 13.4. The summed E-state index contributed by atoms with van der Waals surface area (Å²) in [6.45, 7) is 3.04. The summed E-state index contributed by atoms with van der Waals surface area (Å²) in [5.74, 6) is 0.208. The zero-order chi connectivity index (χ0) is 20.0. The van der Waals surface area contributed by atoms with Crippen LogP contribution in [0.1, 0.15) is 42.1 Å². The standard InChI is InChI=1S/C21H21Br2N3O2/c1-11(27)26-6-4-12(5-7-26)18-16-9-17(24)21(28)19(23)15(16)3-2-13-8-14(22)10-25-20(13)18/h8-10,28H,2-7,24H2,1H3. The number of halogens is 2. The first-order valence-corrected chi connectivity index (χ1v) is 10.9. The highest BCUT2D eigenvalue weighted by Gasteiger charge is 2.28. The Bertz CT molecular complexity index is 1010. The lowest BCUT2D eigenvalue weighted by atomic mass is 9.88. The number of likely N-dealkylation sites (tertiary alicyclic amines) is 1. The van der Waals surface area contributed by atoms with Gasteiger partial charge in [0.15, 0.2) is 5.75 Å². The summed E-state index contributed by atoms with van der Waals surface area (Å²) in [4.78, 5) is 18.4. The molecule has 2 aliphatic rings. The van der Waals surface area contributed by atoms with Crippen LogP contribution in [0.25, 0.3) is 5.57 Å². The van der Waals surface area contributed by atoms with Gasteiger partial charge in [0.2, 0.25) is 5.91 Å². The Hall–Kier alpha value is -1.86. The molecule has 0 bridgehead atoms. The van der Waals surface area contributed by atoms with Gasteiger partial charge in [0.1, 0.15) is 0 Å². The van der Waals surface area contributed by atoms with Crippen molar-refractivity contribution in [3.05, 3.63) is 55.2 Å². The number of phenols is 1. The van der Waals surface area contributed by atoms with Crippen molar-refractivity contribution in [1.29, 1.82) is 0 Å². The molecular weight excluding hydrogens is 486 g/mol. The molecule has 0 unspecified atom stereocenters. The predicted molar refractivity (Wildman–Crippen MR) is 117 cm³/mol. The van der Waals surface area contributed by atoms with Gasteiger partial charge in [-0.3, -0.25) is 9.78 Å². The third-order valence-corrected chi connectivity index (χ3v) is 6.91. The maximum atomic E-state index is 11.7. The molecule has 7 heteroatoms. The van der Waals surface area contributed by atoms with Crippen molar-refractivity contribution in [2.45, 2.75) is 32.6 Å². The van der Waals surface area contributed by atoms with E-state index in [2.05, 4.69) is 37.9 Å². The van der Waals surface area contributed by atoms with E-state index in [4.69, 9.17) is 10.7 Å². The van der Waals surface area contributed by atoms with E-state index in [0.717, 1.165) is 52.5 Å². The molecule has 1 aliphatic carbocycles. The summed E-state index contributed by atoms with van der Waals surface area (Å²) in [7, 11) is 0. The number of hydrogen-bond acceptors (Lipinski definition) is 4. The third-order valence-electron chi connectivity index (χ3n) is 5.62. The first kappa shape index (κ1) is 19.5. The lowest BCUT2D eigenvalue weighted by Gasteiger charge is -2.29. The molecule has 0 saturated carbocycles. The Labute approximate surface area is 180 Å². The van der Waals surface area contributed by atoms with E-state index in [0.29, 0.717) is 23.2 Å². The molecule has 28 heavy (non-hydrogen) atoms. The van der Waals surface area contributed by atoms with Crippen LogP contribution in [-0.2, 0) is 17.6 Å². The molecule has 4 rings (SSSR count). The molecule has 5 nitrogen and oxygen atoms in total. The zero-order valence-electron chi connectivity index (χ0n) is 15.6. The SMILES string of the molecule is CC(=O)N1CCC(=C2c3cc(N)c(O)c(Br)c3CCc3cc(Br)cnc32)CC1. The highest BCUT2D eigenvalue weighted by molar-refractivity contribution is 9.10. The van der Waals surface area contributed by atoms with E-state index >= 15 is 0 Å². The van der Waals surface area contributed by atoms with Gasteiger partial charge in [0.05, 0.1) is 15.9 Å². The molecule has 1 amide bonds. The number of rotatable bonds is 0. The average Bonchev–Trinajstić information content (AvgIpc) is 2.83. The number of aryl methyl sites for hydroxylation is 1. The maximum absolute atomic E-state index is 11.7. The number of carbonyl (C=O) groups is 1. The largest absolute Gasteiger partial charge is 0.505 e. The molecule has 1 saturated heterocycles. The number of phenolic OH excluding ortho intramolecular Hbond substituents is 1. The molecular formula is C21H21Br2N3O2. The Morgan fingerprint density at radius 1 is 1.18 bits per heavy atom. The molecule has 3 N–H and O–H groups in total. The van der Waals surface area contributed by atoms with Crippen molar-refractivity contribution < 1.29 is 9.90 Å². The molecule has 146 valence electrons. The number of piperidine rings is 1. The highest BCUT2D eigenvalue weighted by Crippen LogP contribution is 2.45. The number of aromatic nitrogens is 1. The predicted octanol–water partition coefficient (Wildman–Crippen LogP) is 4.44. The number of pyridine rings is 1. The molecule has 1 aromatic heterocycles. The number of carbonyl (C=O) groups excluding carboxylic acids is 1. The van der Waals surface area contributed by atoms with Crippen molar-refractivity contribution >= 4 is 49.0 Å². The van der Waals surface area contributed by atoms with Crippen LogP contribution in [0.5, 0.6) is 5.75 Å². The van der Waals surface area contributed by atoms with Gasteiger partial charge in [0, 0.05) is 36.3 Å². The van der Waals surface area contributed by atoms with E-state index < -0.39 is 0 Å². The van der Waals surface area contributed by atoms with Crippen LogP contribution in [0.4, 0.5) is 5.69 Å². The van der Waals surface area contributed by atoms with Crippen molar-refractivity contribution in [2.75, 3.05) is 18.8 Å². The number of nitrogens with two attached hydrogens (primary N) is 1. The van der Waals surface area contributed by atoms with Crippen molar-refractivity contribution in [3.8, 4) is 5.75 Å². The summed E-state index contributed by atoms with van der Waals surface area (Å²) in [5, 5.41) is 10.4. The fourth-order valence-corrected chi connectivity index (χ4v) is 5.17. The van der Waals surface area contributed by atoms with Crippen molar-refractivity contribution in [1.82, 2.24) is 9.88 Å². The quantitative estimate of drug-likeness (QED) is 0.409. The van der Waals surface area contributed by atoms with Crippen molar-refractivity contribution in [3.63, 3.8) is 0 Å². The fourth-order valence-electron chi connectivity index (χ4n) is 4.15. The highest BCUT2D eigenvalue weighted by atomic mass is 79.9. The van der Waals surface area contributed by atoms with Crippen molar-refractivity contribution in [2.24, 2.45) is 0 Å². The van der Waals surface area contributed by atoms with Crippen LogP contribution in [0.15, 0.2) is 32.8 Å². The third kappa shape index (κ3) is 3.35. The van der Waals surface area contributed by atoms with E-state index in [1.165, 1.54) is 11.1 Å².